The zero-order chi connectivity index (χ0) is 15.8. The van der Waals surface area contributed by atoms with E-state index in [4.69, 9.17) is 19.3 Å². The molecule has 1 atom stereocenters. The number of carbonyl (C=O) groups is 2. The van der Waals surface area contributed by atoms with E-state index in [2.05, 4.69) is 5.32 Å². The zero-order valence-electron chi connectivity index (χ0n) is 12.2. The zero-order valence-corrected chi connectivity index (χ0v) is 12.2. The third-order valence-electron chi connectivity index (χ3n) is 2.72. The average Bonchev–Trinajstić information content (AvgIpc) is 2.50. The maximum atomic E-state index is 12.0. The summed E-state index contributed by atoms with van der Waals surface area (Å²) >= 11 is 0. The van der Waals surface area contributed by atoms with Crippen LogP contribution in [-0.2, 0) is 9.53 Å². The Hall–Kier alpha value is -2.28. The van der Waals surface area contributed by atoms with Gasteiger partial charge in [0, 0.05) is 18.2 Å². The van der Waals surface area contributed by atoms with Gasteiger partial charge in [-0.05, 0) is 19.1 Å². The molecule has 7 nitrogen and oxygen atoms in total. The lowest BCUT2D eigenvalue weighted by atomic mass is 10.2. The summed E-state index contributed by atoms with van der Waals surface area (Å²) in [5.41, 5.74) is 0.387. The fourth-order valence-electron chi connectivity index (χ4n) is 1.51. The van der Waals surface area contributed by atoms with Crippen LogP contribution in [0, 0.1) is 0 Å². The van der Waals surface area contributed by atoms with Crippen molar-refractivity contribution < 1.29 is 28.9 Å². The van der Waals surface area contributed by atoms with Gasteiger partial charge in [-0.1, -0.05) is 0 Å². The van der Waals surface area contributed by atoms with Crippen LogP contribution in [0.15, 0.2) is 18.2 Å². The molecule has 0 radical (unpaired) electrons. The van der Waals surface area contributed by atoms with Crippen molar-refractivity contribution in [1.82, 2.24) is 5.32 Å². The van der Waals surface area contributed by atoms with Gasteiger partial charge in [-0.15, -0.1) is 0 Å². The summed E-state index contributed by atoms with van der Waals surface area (Å²) in [4.78, 5) is 22.5. The van der Waals surface area contributed by atoms with Gasteiger partial charge in [-0.3, -0.25) is 4.79 Å². The number of aliphatic carboxylic acids is 1. The molecule has 1 rings (SSSR count). The number of benzene rings is 1. The molecule has 0 aromatic heterocycles. The van der Waals surface area contributed by atoms with Crippen LogP contribution in [0.1, 0.15) is 17.3 Å². The molecule has 0 aliphatic rings. The minimum atomic E-state index is -1.04. The van der Waals surface area contributed by atoms with Crippen molar-refractivity contribution in [2.24, 2.45) is 0 Å². The number of methoxy groups -OCH3 is 2. The van der Waals surface area contributed by atoms with E-state index < -0.39 is 12.1 Å². The molecule has 0 fully saturated rings. The number of carbonyl (C=O) groups excluding carboxylic acids is 1. The molecule has 0 spiro atoms. The standard InChI is InChI=1S/C14H19NO6/c1-9(14(17)18)21-5-4-15-13(16)10-6-11(19-2)8-12(7-10)20-3/h6-9H,4-5H2,1-3H3,(H,15,16)(H,17,18). The first-order valence-electron chi connectivity index (χ1n) is 6.33. The lowest BCUT2D eigenvalue weighted by Crippen LogP contribution is -2.30. The largest absolute Gasteiger partial charge is 0.497 e. The average molecular weight is 297 g/mol. The van der Waals surface area contributed by atoms with Crippen molar-refractivity contribution in [3.8, 4) is 11.5 Å². The number of rotatable bonds is 8. The Balaban J connectivity index is 2.54. The number of carboxylic acid groups (broad SMARTS) is 1. The molecular weight excluding hydrogens is 278 g/mol. The van der Waals surface area contributed by atoms with Crippen molar-refractivity contribution in [1.29, 1.82) is 0 Å². The molecule has 0 saturated heterocycles. The van der Waals surface area contributed by atoms with Gasteiger partial charge in [-0.2, -0.15) is 0 Å². The second kappa shape index (κ2) is 8.11. The van der Waals surface area contributed by atoms with E-state index in [1.54, 1.807) is 18.2 Å². The predicted octanol–water partition coefficient (Wildman–Crippen LogP) is 0.923. The van der Waals surface area contributed by atoms with Crippen LogP contribution in [0.2, 0.25) is 0 Å². The molecule has 116 valence electrons. The normalized spacial score (nSPS) is 11.6. The molecule has 7 heteroatoms. The van der Waals surface area contributed by atoms with Crippen molar-refractivity contribution in [3.63, 3.8) is 0 Å². The molecule has 0 saturated carbocycles. The van der Waals surface area contributed by atoms with Crippen LogP contribution in [-0.4, -0.2) is 50.5 Å². The molecule has 1 aromatic rings. The predicted molar refractivity (Wildman–Crippen MR) is 74.9 cm³/mol. The highest BCUT2D eigenvalue weighted by atomic mass is 16.5. The number of ether oxygens (including phenoxy) is 3. The minimum absolute atomic E-state index is 0.111. The Morgan fingerprint density at radius 2 is 1.76 bits per heavy atom. The number of amides is 1. The molecule has 1 aromatic carbocycles. The lowest BCUT2D eigenvalue weighted by molar-refractivity contribution is -0.148. The van der Waals surface area contributed by atoms with Gasteiger partial charge >= 0.3 is 5.97 Å². The molecule has 0 bridgehead atoms. The number of nitrogens with one attached hydrogen (secondary N) is 1. The van der Waals surface area contributed by atoms with Crippen molar-refractivity contribution in [2.75, 3.05) is 27.4 Å². The molecule has 0 heterocycles. The lowest BCUT2D eigenvalue weighted by Gasteiger charge is -2.11. The maximum Gasteiger partial charge on any atom is 0.332 e. The smallest absolute Gasteiger partial charge is 0.332 e. The Bertz CT molecular complexity index is 480. The quantitative estimate of drug-likeness (QED) is 0.693. The summed E-state index contributed by atoms with van der Waals surface area (Å²) in [6.45, 7) is 1.74. The first-order valence-corrected chi connectivity index (χ1v) is 6.33. The first-order chi connectivity index (χ1) is 9.97. The van der Waals surface area contributed by atoms with Crippen LogP contribution in [0.4, 0.5) is 0 Å². The second-order valence-electron chi connectivity index (χ2n) is 4.21. The van der Waals surface area contributed by atoms with E-state index >= 15 is 0 Å². The summed E-state index contributed by atoms with van der Waals surface area (Å²) < 4.78 is 15.2. The van der Waals surface area contributed by atoms with Crippen molar-refractivity contribution >= 4 is 11.9 Å². The van der Waals surface area contributed by atoms with Crippen LogP contribution in [0.25, 0.3) is 0 Å². The van der Waals surface area contributed by atoms with Gasteiger partial charge in [0.05, 0.1) is 20.8 Å². The fourth-order valence-corrected chi connectivity index (χ4v) is 1.51. The van der Waals surface area contributed by atoms with Gasteiger partial charge in [0.1, 0.15) is 11.5 Å². The van der Waals surface area contributed by atoms with E-state index in [0.29, 0.717) is 17.1 Å². The maximum absolute atomic E-state index is 12.0. The van der Waals surface area contributed by atoms with Crippen LogP contribution < -0.4 is 14.8 Å². The summed E-state index contributed by atoms with van der Waals surface area (Å²) in [6.07, 6.45) is -0.904. The van der Waals surface area contributed by atoms with Gasteiger partial charge in [-0.25, -0.2) is 4.79 Å². The fraction of sp³-hybridized carbons (Fsp3) is 0.429. The third-order valence-corrected chi connectivity index (χ3v) is 2.72. The topological polar surface area (TPSA) is 94.1 Å². The first kappa shape index (κ1) is 16.8. The summed E-state index contributed by atoms with van der Waals surface area (Å²) in [7, 11) is 3.00. The van der Waals surface area contributed by atoms with Gasteiger partial charge in [0.15, 0.2) is 6.10 Å². The van der Waals surface area contributed by atoms with Crippen molar-refractivity contribution in [3.05, 3.63) is 23.8 Å². The van der Waals surface area contributed by atoms with E-state index in [-0.39, 0.29) is 19.1 Å². The van der Waals surface area contributed by atoms with Crippen LogP contribution >= 0.6 is 0 Å². The summed E-state index contributed by atoms with van der Waals surface area (Å²) in [5.74, 6) is -0.344. The molecule has 1 amide bonds. The highest BCUT2D eigenvalue weighted by molar-refractivity contribution is 5.95. The minimum Gasteiger partial charge on any atom is -0.497 e. The summed E-state index contributed by atoms with van der Waals surface area (Å²) in [6, 6.07) is 4.82. The monoisotopic (exact) mass is 297 g/mol. The number of carboxylic acids is 1. The molecule has 2 N–H and O–H groups in total. The van der Waals surface area contributed by atoms with E-state index in [1.165, 1.54) is 21.1 Å². The Kier molecular flexibility index (Phi) is 6.48. The summed E-state index contributed by atoms with van der Waals surface area (Å²) in [5, 5.41) is 11.3. The SMILES string of the molecule is COc1cc(OC)cc(C(=O)NCCOC(C)C(=O)O)c1. The van der Waals surface area contributed by atoms with Crippen LogP contribution in [0.5, 0.6) is 11.5 Å². The molecular formula is C14H19NO6. The van der Waals surface area contributed by atoms with Crippen LogP contribution in [0.3, 0.4) is 0 Å². The highest BCUT2D eigenvalue weighted by Crippen LogP contribution is 2.22. The van der Waals surface area contributed by atoms with E-state index in [9.17, 15) is 9.59 Å². The molecule has 1 unspecified atom stereocenters. The van der Waals surface area contributed by atoms with Gasteiger partial charge in [0.25, 0.3) is 5.91 Å². The molecule has 0 aliphatic carbocycles. The van der Waals surface area contributed by atoms with E-state index in [0.717, 1.165) is 0 Å². The third kappa shape index (κ3) is 5.31. The number of hydrogen-bond acceptors (Lipinski definition) is 5. The highest BCUT2D eigenvalue weighted by Gasteiger charge is 2.12. The Morgan fingerprint density at radius 3 is 2.24 bits per heavy atom. The van der Waals surface area contributed by atoms with Gasteiger partial charge in [0.2, 0.25) is 0 Å². The molecule has 0 aliphatic heterocycles. The Labute approximate surface area is 122 Å². The van der Waals surface area contributed by atoms with Crippen molar-refractivity contribution in [2.45, 2.75) is 13.0 Å². The molecule has 21 heavy (non-hydrogen) atoms. The second-order valence-corrected chi connectivity index (χ2v) is 4.21. The van der Waals surface area contributed by atoms with Gasteiger partial charge < -0.3 is 24.6 Å². The number of hydrogen-bond donors (Lipinski definition) is 2. The van der Waals surface area contributed by atoms with E-state index in [1.807, 2.05) is 0 Å². The Morgan fingerprint density at radius 1 is 1.19 bits per heavy atom.